The Kier molecular flexibility index (Phi) is 5.99. The molecule has 0 atom stereocenters. The van der Waals surface area contributed by atoms with Crippen molar-refractivity contribution in [2.45, 2.75) is 12.8 Å². The van der Waals surface area contributed by atoms with Gasteiger partial charge in [0, 0.05) is 0 Å². The molecule has 46 valence electrons. The van der Waals surface area contributed by atoms with E-state index in [1.165, 1.54) is 0 Å². The van der Waals surface area contributed by atoms with Gasteiger partial charge in [0.2, 0.25) is 0 Å². The Labute approximate surface area is 50.9 Å². The van der Waals surface area contributed by atoms with E-state index in [0.29, 0.717) is 0 Å². The summed E-state index contributed by atoms with van der Waals surface area (Å²) in [6.07, 6.45) is 7.93. The molecule has 0 heterocycles. The highest BCUT2D eigenvalue weighted by Gasteiger charge is 1.73. The van der Waals surface area contributed by atoms with Crippen LogP contribution in [0.2, 0.25) is 0 Å². The molecule has 0 aromatic rings. The maximum Gasteiger partial charge on any atom is -0.00743 e. The molecule has 0 spiro atoms. The normalized spacial score (nSPS) is 10.1. The molecule has 0 aliphatic carbocycles. The maximum absolute atomic E-state index is 5.25. The standard InChI is InChI=1S/C7H13N/c1-2-3-4-5-6-7-8/h2-4H,1,5-8H2/b4-3-. The highest BCUT2D eigenvalue weighted by molar-refractivity contribution is 4.96. The van der Waals surface area contributed by atoms with Crippen molar-refractivity contribution in [3.05, 3.63) is 24.8 Å². The lowest BCUT2D eigenvalue weighted by Gasteiger charge is -1.84. The third-order valence-electron chi connectivity index (χ3n) is 0.847. The molecule has 8 heavy (non-hydrogen) atoms. The molecule has 1 nitrogen and oxygen atoms in total. The van der Waals surface area contributed by atoms with Crippen LogP contribution in [-0.2, 0) is 0 Å². The minimum atomic E-state index is 0.779. The Morgan fingerprint density at radius 1 is 1.50 bits per heavy atom. The molecule has 0 saturated carbocycles. The highest BCUT2D eigenvalue weighted by atomic mass is 14.5. The van der Waals surface area contributed by atoms with Crippen LogP contribution >= 0.6 is 0 Å². The molecule has 0 aliphatic rings. The van der Waals surface area contributed by atoms with Gasteiger partial charge in [-0.25, -0.2) is 0 Å². The Bertz CT molecular complexity index is 74.5. The molecule has 1 heteroatoms. The van der Waals surface area contributed by atoms with E-state index in [1.54, 1.807) is 6.08 Å². The number of hydrogen-bond donors (Lipinski definition) is 1. The molecule has 0 amide bonds. The summed E-state index contributed by atoms with van der Waals surface area (Å²) in [5.41, 5.74) is 5.25. The van der Waals surface area contributed by atoms with Gasteiger partial charge in [0.15, 0.2) is 0 Å². The van der Waals surface area contributed by atoms with Gasteiger partial charge in [0.25, 0.3) is 0 Å². The van der Waals surface area contributed by atoms with E-state index in [1.807, 2.05) is 6.08 Å². The summed E-state index contributed by atoms with van der Waals surface area (Å²) in [4.78, 5) is 0. The van der Waals surface area contributed by atoms with E-state index in [9.17, 15) is 0 Å². The summed E-state index contributed by atoms with van der Waals surface area (Å²) in [5, 5.41) is 0. The molecule has 0 fully saturated rings. The molecule has 0 aromatic carbocycles. The number of nitrogens with two attached hydrogens (primary N) is 1. The van der Waals surface area contributed by atoms with Crippen LogP contribution in [0.5, 0.6) is 0 Å². The van der Waals surface area contributed by atoms with E-state index in [-0.39, 0.29) is 0 Å². The van der Waals surface area contributed by atoms with Crippen molar-refractivity contribution in [2.24, 2.45) is 5.73 Å². The average Bonchev–Trinajstić information content (AvgIpc) is 1.81. The van der Waals surface area contributed by atoms with Crippen molar-refractivity contribution >= 4 is 0 Å². The van der Waals surface area contributed by atoms with E-state index < -0.39 is 0 Å². The van der Waals surface area contributed by atoms with Gasteiger partial charge in [-0.15, -0.1) is 0 Å². The van der Waals surface area contributed by atoms with Gasteiger partial charge < -0.3 is 5.73 Å². The van der Waals surface area contributed by atoms with E-state index in [4.69, 9.17) is 5.73 Å². The number of rotatable bonds is 4. The lowest BCUT2D eigenvalue weighted by Crippen LogP contribution is -1.96. The minimum absolute atomic E-state index is 0.779. The summed E-state index contributed by atoms with van der Waals surface area (Å²) >= 11 is 0. The Morgan fingerprint density at radius 3 is 2.75 bits per heavy atom. The van der Waals surface area contributed by atoms with Gasteiger partial charge in [-0.05, 0) is 19.4 Å². The largest absolute Gasteiger partial charge is 0.330 e. The highest BCUT2D eigenvalue weighted by Crippen LogP contribution is 1.86. The van der Waals surface area contributed by atoms with Crippen LogP contribution in [0.1, 0.15) is 12.8 Å². The predicted octanol–water partition coefficient (Wildman–Crippen LogP) is 1.47. The van der Waals surface area contributed by atoms with Gasteiger partial charge >= 0.3 is 0 Å². The molecule has 0 rings (SSSR count). The van der Waals surface area contributed by atoms with Crippen molar-refractivity contribution < 1.29 is 0 Å². The monoisotopic (exact) mass is 111 g/mol. The fourth-order valence-corrected chi connectivity index (χ4v) is 0.428. The number of allylic oxidation sites excluding steroid dienone is 3. The molecule has 0 radical (unpaired) electrons. The maximum atomic E-state index is 5.25. The van der Waals surface area contributed by atoms with Gasteiger partial charge in [0.1, 0.15) is 0 Å². The molecule has 0 saturated heterocycles. The molecule has 2 N–H and O–H groups in total. The number of hydrogen-bond acceptors (Lipinski definition) is 1. The first kappa shape index (κ1) is 7.44. The third-order valence-corrected chi connectivity index (χ3v) is 0.847. The zero-order valence-corrected chi connectivity index (χ0v) is 5.14. The van der Waals surface area contributed by atoms with Crippen molar-refractivity contribution in [2.75, 3.05) is 6.54 Å². The second-order valence-corrected chi connectivity index (χ2v) is 1.59. The van der Waals surface area contributed by atoms with E-state index >= 15 is 0 Å². The van der Waals surface area contributed by atoms with Gasteiger partial charge in [-0.1, -0.05) is 24.8 Å². The summed E-state index contributed by atoms with van der Waals surface area (Å²) in [6, 6.07) is 0. The fraction of sp³-hybridized carbons (Fsp3) is 0.429. The van der Waals surface area contributed by atoms with Crippen LogP contribution in [0, 0.1) is 0 Å². The number of unbranched alkanes of at least 4 members (excludes halogenated alkanes) is 1. The van der Waals surface area contributed by atoms with Crippen molar-refractivity contribution in [1.29, 1.82) is 0 Å². The average molecular weight is 111 g/mol. The molecular formula is C7H13N. The third kappa shape index (κ3) is 5.44. The molecule has 0 bridgehead atoms. The first-order valence-electron chi connectivity index (χ1n) is 2.89. The SMILES string of the molecule is C=C/C=C\CCCN. The summed E-state index contributed by atoms with van der Waals surface area (Å²) < 4.78 is 0. The van der Waals surface area contributed by atoms with Crippen LogP contribution in [0.3, 0.4) is 0 Å². The zero-order valence-electron chi connectivity index (χ0n) is 5.14. The van der Waals surface area contributed by atoms with Crippen LogP contribution in [0.4, 0.5) is 0 Å². The lowest BCUT2D eigenvalue weighted by atomic mass is 10.3. The van der Waals surface area contributed by atoms with Crippen molar-refractivity contribution in [1.82, 2.24) is 0 Å². The van der Waals surface area contributed by atoms with Crippen LogP contribution in [-0.4, -0.2) is 6.54 Å². The quantitative estimate of drug-likeness (QED) is 0.431. The topological polar surface area (TPSA) is 26.0 Å². The predicted molar refractivity (Wildman–Crippen MR) is 37.6 cm³/mol. The summed E-state index contributed by atoms with van der Waals surface area (Å²) in [5.74, 6) is 0. The molecule has 0 unspecified atom stereocenters. The molecular weight excluding hydrogens is 98.1 g/mol. The van der Waals surface area contributed by atoms with E-state index in [2.05, 4.69) is 12.7 Å². The zero-order chi connectivity index (χ0) is 6.24. The van der Waals surface area contributed by atoms with Gasteiger partial charge in [-0.2, -0.15) is 0 Å². The Hall–Kier alpha value is -0.560. The van der Waals surface area contributed by atoms with E-state index in [0.717, 1.165) is 19.4 Å². The Morgan fingerprint density at radius 2 is 2.25 bits per heavy atom. The van der Waals surface area contributed by atoms with Crippen LogP contribution in [0.15, 0.2) is 24.8 Å². The van der Waals surface area contributed by atoms with Gasteiger partial charge in [-0.3, -0.25) is 0 Å². The van der Waals surface area contributed by atoms with Gasteiger partial charge in [0.05, 0.1) is 0 Å². The molecule has 0 aromatic heterocycles. The first-order valence-corrected chi connectivity index (χ1v) is 2.89. The van der Waals surface area contributed by atoms with Crippen LogP contribution in [0.25, 0.3) is 0 Å². The van der Waals surface area contributed by atoms with Crippen molar-refractivity contribution in [3.63, 3.8) is 0 Å². The Balaban J connectivity index is 2.91. The fourth-order valence-electron chi connectivity index (χ4n) is 0.428. The van der Waals surface area contributed by atoms with Crippen molar-refractivity contribution in [3.8, 4) is 0 Å². The molecule has 0 aliphatic heterocycles. The second kappa shape index (κ2) is 6.44. The summed E-state index contributed by atoms with van der Waals surface area (Å²) in [6.45, 7) is 4.32. The minimum Gasteiger partial charge on any atom is -0.330 e. The smallest absolute Gasteiger partial charge is 0.00743 e. The summed E-state index contributed by atoms with van der Waals surface area (Å²) in [7, 11) is 0. The van der Waals surface area contributed by atoms with Crippen LogP contribution < -0.4 is 5.73 Å². The second-order valence-electron chi connectivity index (χ2n) is 1.59. The first-order chi connectivity index (χ1) is 3.91. The lowest BCUT2D eigenvalue weighted by molar-refractivity contribution is 0.855.